The molecule has 1 fully saturated rings. The van der Waals surface area contributed by atoms with Gasteiger partial charge in [-0.3, -0.25) is 4.79 Å². The normalized spacial score (nSPS) is 17.9. The van der Waals surface area contributed by atoms with Crippen LogP contribution in [0.5, 0.6) is 5.75 Å². The first-order chi connectivity index (χ1) is 8.22. The summed E-state index contributed by atoms with van der Waals surface area (Å²) < 4.78 is 4.91. The highest BCUT2D eigenvalue weighted by Crippen LogP contribution is 2.38. The molecule has 1 saturated carbocycles. The molecule has 1 aliphatic rings. The van der Waals surface area contributed by atoms with Crippen molar-refractivity contribution in [3.05, 3.63) is 29.8 Å². The van der Waals surface area contributed by atoms with E-state index in [1.165, 1.54) is 20.0 Å². The first-order valence-electron chi connectivity index (χ1n) is 6.09. The monoisotopic (exact) mass is 234 g/mol. The second-order valence-electron chi connectivity index (χ2n) is 4.64. The molecule has 3 heteroatoms. The van der Waals surface area contributed by atoms with Gasteiger partial charge < -0.3 is 9.84 Å². The molecule has 1 N–H and O–H groups in total. The maximum atomic E-state index is 11.9. The van der Waals surface area contributed by atoms with Gasteiger partial charge in [-0.05, 0) is 36.5 Å². The summed E-state index contributed by atoms with van der Waals surface area (Å²) in [6.07, 6.45) is 4.55. The number of rotatable bonds is 3. The van der Waals surface area contributed by atoms with Crippen molar-refractivity contribution >= 4 is 5.97 Å². The van der Waals surface area contributed by atoms with Crippen LogP contribution in [0.25, 0.3) is 0 Å². The van der Waals surface area contributed by atoms with Crippen LogP contribution >= 0.6 is 0 Å². The van der Waals surface area contributed by atoms with Crippen molar-refractivity contribution in [2.24, 2.45) is 5.92 Å². The number of hydrogen-bond donors (Lipinski definition) is 1. The van der Waals surface area contributed by atoms with Crippen LogP contribution < -0.4 is 0 Å². The molecule has 0 heterocycles. The van der Waals surface area contributed by atoms with E-state index in [0.717, 1.165) is 18.4 Å². The third kappa shape index (κ3) is 2.60. The van der Waals surface area contributed by atoms with Gasteiger partial charge >= 0.3 is 5.97 Å². The van der Waals surface area contributed by atoms with Gasteiger partial charge in [-0.2, -0.15) is 0 Å². The lowest BCUT2D eigenvalue weighted by molar-refractivity contribution is -0.143. The molecule has 3 nitrogen and oxygen atoms in total. The van der Waals surface area contributed by atoms with Crippen LogP contribution in [0, 0.1) is 5.92 Å². The van der Waals surface area contributed by atoms with E-state index in [-0.39, 0.29) is 17.6 Å². The Bertz CT molecular complexity index is 377. The lowest BCUT2D eigenvalue weighted by Crippen LogP contribution is -2.21. The molecular formula is C14H18O3. The molecule has 0 unspecified atom stereocenters. The average Bonchev–Trinajstić information content (AvgIpc) is 2.85. The highest BCUT2D eigenvalue weighted by Gasteiger charge is 2.32. The van der Waals surface area contributed by atoms with E-state index < -0.39 is 0 Å². The molecule has 92 valence electrons. The Labute approximate surface area is 101 Å². The standard InChI is InChI=1S/C14H18O3/c1-17-14(16)13(10-4-2-3-5-10)11-6-8-12(15)9-7-11/h6-10,13,15H,2-5H2,1H3/t13-/m0/s1. The quantitative estimate of drug-likeness (QED) is 0.818. The Morgan fingerprint density at radius 3 is 2.41 bits per heavy atom. The molecule has 0 spiro atoms. The Balaban J connectivity index is 2.25. The van der Waals surface area contributed by atoms with Crippen molar-refractivity contribution in [2.75, 3.05) is 7.11 Å². The number of benzene rings is 1. The molecule has 0 amide bonds. The maximum absolute atomic E-state index is 11.9. The van der Waals surface area contributed by atoms with Crippen LogP contribution in [0.2, 0.25) is 0 Å². The van der Waals surface area contributed by atoms with Crippen molar-refractivity contribution in [3.63, 3.8) is 0 Å². The smallest absolute Gasteiger partial charge is 0.313 e. The van der Waals surface area contributed by atoms with E-state index >= 15 is 0 Å². The van der Waals surface area contributed by atoms with Crippen molar-refractivity contribution in [3.8, 4) is 5.75 Å². The van der Waals surface area contributed by atoms with Gasteiger partial charge in [0.2, 0.25) is 0 Å². The molecular weight excluding hydrogens is 216 g/mol. The van der Waals surface area contributed by atoms with Crippen LogP contribution in [-0.2, 0) is 9.53 Å². The number of ether oxygens (including phenoxy) is 1. The minimum absolute atomic E-state index is 0.164. The van der Waals surface area contributed by atoms with E-state index in [4.69, 9.17) is 4.74 Å². The first-order valence-corrected chi connectivity index (χ1v) is 6.09. The van der Waals surface area contributed by atoms with E-state index in [9.17, 15) is 9.90 Å². The zero-order valence-electron chi connectivity index (χ0n) is 10.1. The summed E-state index contributed by atoms with van der Waals surface area (Å²) >= 11 is 0. The minimum atomic E-state index is -0.178. The summed E-state index contributed by atoms with van der Waals surface area (Å²) in [5, 5.41) is 9.28. The fourth-order valence-electron chi connectivity index (χ4n) is 2.70. The molecule has 1 atom stereocenters. The molecule has 1 aromatic rings. The molecule has 0 bridgehead atoms. The van der Waals surface area contributed by atoms with Crippen LogP contribution in [0.15, 0.2) is 24.3 Å². The average molecular weight is 234 g/mol. The Morgan fingerprint density at radius 1 is 1.29 bits per heavy atom. The summed E-state index contributed by atoms with van der Waals surface area (Å²) in [5.41, 5.74) is 0.946. The fourth-order valence-corrected chi connectivity index (χ4v) is 2.70. The van der Waals surface area contributed by atoms with Crippen LogP contribution in [0.4, 0.5) is 0 Å². The number of methoxy groups -OCH3 is 1. The van der Waals surface area contributed by atoms with E-state index in [1.807, 2.05) is 12.1 Å². The van der Waals surface area contributed by atoms with Crippen molar-refractivity contribution in [1.29, 1.82) is 0 Å². The minimum Gasteiger partial charge on any atom is -0.508 e. The van der Waals surface area contributed by atoms with Crippen molar-refractivity contribution in [2.45, 2.75) is 31.6 Å². The van der Waals surface area contributed by atoms with Crippen LogP contribution in [-0.4, -0.2) is 18.2 Å². The number of hydrogen-bond acceptors (Lipinski definition) is 3. The van der Waals surface area contributed by atoms with Crippen LogP contribution in [0.1, 0.15) is 37.2 Å². The van der Waals surface area contributed by atoms with Gasteiger partial charge in [0.25, 0.3) is 0 Å². The molecule has 17 heavy (non-hydrogen) atoms. The predicted octanol–water partition coefficient (Wildman–Crippen LogP) is 2.84. The Kier molecular flexibility index (Phi) is 3.67. The Morgan fingerprint density at radius 2 is 1.88 bits per heavy atom. The lowest BCUT2D eigenvalue weighted by Gasteiger charge is -2.21. The number of aromatic hydroxyl groups is 1. The van der Waals surface area contributed by atoms with Gasteiger partial charge in [-0.25, -0.2) is 0 Å². The second kappa shape index (κ2) is 5.21. The molecule has 0 radical (unpaired) electrons. The highest BCUT2D eigenvalue weighted by atomic mass is 16.5. The third-order valence-corrected chi connectivity index (χ3v) is 3.58. The van der Waals surface area contributed by atoms with Gasteiger partial charge in [-0.1, -0.05) is 25.0 Å². The number of carbonyl (C=O) groups excluding carboxylic acids is 1. The van der Waals surface area contributed by atoms with Gasteiger partial charge in [0.1, 0.15) is 5.75 Å². The summed E-state index contributed by atoms with van der Waals surface area (Å²) in [5.74, 6) is 0.265. The summed E-state index contributed by atoms with van der Waals surface area (Å²) in [7, 11) is 1.44. The Hall–Kier alpha value is -1.51. The second-order valence-corrected chi connectivity index (χ2v) is 4.64. The summed E-state index contributed by atoms with van der Waals surface area (Å²) in [4.78, 5) is 11.9. The molecule has 2 rings (SSSR count). The number of phenolic OH excluding ortho intramolecular Hbond substituents is 1. The summed E-state index contributed by atoms with van der Waals surface area (Å²) in [6.45, 7) is 0. The van der Waals surface area contributed by atoms with E-state index in [1.54, 1.807) is 12.1 Å². The SMILES string of the molecule is COC(=O)[C@H](c1ccc(O)cc1)C1CCCC1. The number of esters is 1. The third-order valence-electron chi connectivity index (χ3n) is 3.58. The predicted molar refractivity (Wildman–Crippen MR) is 64.8 cm³/mol. The molecule has 0 saturated heterocycles. The molecule has 0 aliphatic heterocycles. The van der Waals surface area contributed by atoms with Crippen LogP contribution in [0.3, 0.4) is 0 Å². The highest BCUT2D eigenvalue weighted by molar-refractivity contribution is 5.78. The van der Waals surface area contributed by atoms with E-state index in [0.29, 0.717) is 5.92 Å². The fraction of sp³-hybridized carbons (Fsp3) is 0.500. The molecule has 1 aromatic carbocycles. The molecule has 1 aliphatic carbocycles. The first kappa shape index (κ1) is 12.0. The zero-order chi connectivity index (χ0) is 12.3. The van der Waals surface area contributed by atoms with Gasteiger partial charge in [0.05, 0.1) is 13.0 Å². The van der Waals surface area contributed by atoms with Gasteiger partial charge in [-0.15, -0.1) is 0 Å². The number of carbonyl (C=O) groups is 1. The molecule has 0 aromatic heterocycles. The number of phenols is 1. The topological polar surface area (TPSA) is 46.5 Å². The zero-order valence-corrected chi connectivity index (χ0v) is 10.1. The maximum Gasteiger partial charge on any atom is 0.313 e. The van der Waals surface area contributed by atoms with Crippen molar-refractivity contribution < 1.29 is 14.6 Å². The van der Waals surface area contributed by atoms with Gasteiger partial charge in [0, 0.05) is 0 Å². The largest absolute Gasteiger partial charge is 0.508 e. The van der Waals surface area contributed by atoms with Crippen molar-refractivity contribution in [1.82, 2.24) is 0 Å². The lowest BCUT2D eigenvalue weighted by atomic mass is 9.85. The summed E-state index contributed by atoms with van der Waals surface area (Å²) in [6, 6.07) is 6.88. The van der Waals surface area contributed by atoms with E-state index in [2.05, 4.69) is 0 Å². The van der Waals surface area contributed by atoms with Gasteiger partial charge in [0.15, 0.2) is 0 Å².